The van der Waals surface area contributed by atoms with Gasteiger partial charge in [-0.1, -0.05) is 25.7 Å². The van der Waals surface area contributed by atoms with E-state index in [1.165, 1.54) is 12.8 Å². The second kappa shape index (κ2) is 5.67. The third-order valence-electron chi connectivity index (χ3n) is 3.03. The lowest BCUT2D eigenvalue weighted by molar-refractivity contribution is -0.161. The van der Waals surface area contributed by atoms with Crippen LogP contribution in [0.2, 0.25) is 0 Å². The van der Waals surface area contributed by atoms with Crippen molar-refractivity contribution in [2.45, 2.75) is 70.9 Å². The Bertz CT molecular complexity index is 233. The van der Waals surface area contributed by atoms with Crippen molar-refractivity contribution in [1.29, 1.82) is 0 Å². The molecule has 2 N–H and O–H groups in total. The molecular weight excluding hydrogens is 202 g/mol. The molecule has 0 unspecified atom stereocenters. The van der Waals surface area contributed by atoms with Crippen LogP contribution in [0.1, 0.15) is 59.3 Å². The highest BCUT2D eigenvalue weighted by Gasteiger charge is 2.30. The first-order valence-corrected chi connectivity index (χ1v) is 6.38. The summed E-state index contributed by atoms with van der Waals surface area (Å²) in [7, 11) is 0. The summed E-state index contributed by atoms with van der Waals surface area (Å²) in [5.74, 6) is -0.207. The number of rotatable bonds is 1. The van der Waals surface area contributed by atoms with E-state index in [9.17, 15) is 4.79 Å². The first-order valence-electron chi connectivity index (χ1n) is 6.38. The maximum Gasteiger partial charge on any atom is 0.311 e. The van der Waals surface area contributed by atoms with Crippen LogP contribution in [-0.2, 0) is 9.53 Å². The summed E-state index contributed by atoms with van der Waals surface area (Å²) in [6, 6.07) is -0.0184. The summed E-state index contributed by atoms with van der Waals surface area (Å²) in [5.41, 5.74) is 5.66. The van der Waals surface area contributed by atoms with Gasteiger partial charge in [0.05, 0.1) is 5.92 Å². The lowest BCUT2D eigenvalue weighted by Crippen LogP contribution is -2.40. The molecule has 0 aromatic rings. The van der Waals surface area contributed by atoms with Crippen molar-refractivity contribution in [3.63, 3.8) is 0 Å². The van der Waals surface area contributed by atoms with Gasteiger partial charge in [0.15, 0.2) is 0 Å². The summed E-state index contributed by atoms with van der Waals surface area (Å²) < 4.78 is 5.43. The Balaban J connectivity index is 2.56. The van der Waals surface area contributed by atoms with Gasteiger partial charge < -0.3 is 10.5 Å². The van der Waals surface area contributed by atoms with Gasteiger partial charge in [-0.05, 0) is 33.6 Å². The Morgan fingerprint density at radius 3 is 2.25 bits per heavy atom. The number of hydrogen-bond donors (Lipinski definition) is 1. The van der Waals surface area contributed by atoms with E-state index in [0.29, 0.717) is 0 Å². The molecule has 3 nitrogen and oxygen atoms in total. The molecule has 0 spiro atoms. The van der Waals surface area contributed by atoms with Gasteiger partial charge in [-0.25, -0.2) is 0 Å². The molecule has 1 fully saturated rings. The number of ether oxygens (including phenoxy) is 1. The van der Waals surface area contributed by atoms with Gasteiger partial charge >= 0.3 is 5.97 Å². The molecule has 0 aromatic heterocycles. The molecule has 0 aliphatic heterocycles. The Hall–Kier alpha value is -0.570. The van der Waals surface area contributed by atoms with Crippen LogP contribution in [0.3, 0.4) is 0 Å². The quantitative estimate of drug-likeness (QED) is 0.701. The first-order chi connectivity index (χ1) is 7.40. The van der Waals surface area contributed by atoms with Gasteiger partial charge in [0.2, 0.25) is 0 Å². The van der Waals surface area contributed by atoms with Crippen molar-refractivity contribution in [2.24, 2.45) is 11.7 Å². The third kappa shape index (κ3) is 4.52. The van der Waals surface area contributed by atoms with Crippen LogP contribution in [-0.4, -0.2) is 17.6 Å². The highest BCUT2D eigenvalue weighted by Crippen LogP contribution is 2.24. The molecule has 1 rings (SSSR count). The van der Waals surface area contributed by atoms with Gasteiger partial charge in [0.25, 0.3) is 0 Å². The Labute approximate surface area is 98.7 Å². The second-order valence-corrected chi connectivity index (χ2v) is 5.80. The Morgan fingerprint density at radius 1 is 1.12 bits per heavy atom. The molecule has 2 atom stereocenters. The smallest absolute Gasteiger partial charge is 0.311 e. The predicted octanol–water partition coefficient (Wildman–Crippen LogP) is 2.63. The van der Waals surface area contributed by atoms with E-state index in [1.54, 1.807) is 0 Å². The number of esters is 1. The van der Waals surface area contributed by atoms with E-state index < -0.39 is 5.60 Å². The van der Waals surface area contributed by atoms with Crippen molar-refractivity contribution < 1.29 is 9.53 Å². The zero-order chi connectivity index (χ0) is 12.2. The van der Waals surface area contributed by atoms with Crippen LogP contribution in [0.5, 0.6) is 0 Å². The van der Waals surface area contributed by atoms with E-state index in [2.05, 4.69) is 0 Å². The minimum Gasteiger partial charge on any atom is -0.460 e. The van der Waals surface area contributed by atoms with E-state index >= 15 is 0 Å². The number of nitrogens with two attached hydrogens (primary N) is 1. The Morgan fingerprint density at radius 2 is 1.69 bits per heavy atom. The average molecular weight is 227 g/mol. The van der Waals surface area contributed by atoms with E-state index in [-0.39, 0.29) is 17.9 Å². The number of carbonyl (C=O) groups is 1. The topological polar surface area (TPSA) is 52.3 Å². The standard InChI is InChI=1S/C13H25NO2/c1-13(2,3)16-12(15)10-8-6-4-5-7-9-11(10)14/h10-11H,4-9,14H2,1-3H3/t10-,11+/m1/s1. The summed E-state index contributed by atoms with van der Waals surface area (Å²) in [5, 5.41) is 0. The molecule has 0 heterocycles. The molecule has 3 heteroatoms. The Kier molecular flexibility index (Phi) is 4.78. The zero-order valence-electron chi connectivity index (χ0n) is 10.8. The molecule has 0 amide bonds. The summed E-state index contributed by atoms with van der Waals surface area (Å²) >= 11 is 0. The molecule has 0 bridgehead atoms. The van der Waals surface area contributed by atoms with Crippen LogP contribution in [0, 0.1) is 5.92 Å². The van der Waals surface area contributed by atoms with Gasteiger partial charge in [0.1, 0.15) is 5.60 Å². The van der Waals surface area contributed by atoms with Crippen molar-refractivity contribution >= 4 is 5.97 Å². The van der Waals surface area contributed by atoms with Crippen LogP contribution in [0.4, 0.5) is 0 Å². The highest BCUT2D eigenvalue weighted by molar-refractivity contribution is 5.73. The maximum atomic E-state index is 12.0. The van der Waals surface area contributed by atoms with E-state index in [1.807, 2.05) is 20.8 Å². The number of carbonyl (C=O) groups excluding carboxylic acids is 1. The molecule has 1 aliphatic carbocycles. The molecule has 1 aliphatic rings. The molecular formula is C13H25NO2. The fourth-order valence-corrected chi connectivity index (χ4v) is 2.18. The monoisotopic (exact) mass is 227 g/mol. The van der Waals surface area contributed by atoms with Crippen LogP contribution in [0.15, 0.2) is 0 Å². The zero-order valence-corrected chi connectivity index (χ0v) is 10.8. The van der Waals surface area contributed by atoms with Gasteiger partial charge in [-0.2, -0.15) is 0 Å². The highest BCUT2D eigenvalue weighted by atomic mass is 16.6. The van der Waals surface area contributed by atoms with Crippen molar-refractivity contribution in [3.8, 4) is 0 Å². The fraction of sp³-hybridized carbons (Fsp3) is 0.923. The second-order valence-electron chi connectivity index (χ2n) is 5.80. The maximum absolute atomic E-state index is 12.0. The van der Waals surface area contributed by atoms with Crippen molar-refractivity contribution in [3.05, 3.63) is 0 Å². The van der Waals surface area contributed by atoms with Crippen LogP contribution < -0.4 is 5.73 Å². The molecule has 0 radical (unpaired) electrons. The number of hydrogen-bond acceptors (Lipinski definition) is 3. The van der Waals surface area contributed by atoms with E-state index in [0.717, 1.165) is 25.7 Å². The molecule has 94 valence electrons. The normalized spacial score (nSPS) is 28.0. The largest absolute Gasteiger partial charge is 0.460 e. The average Bonchev–Trinajstić information content (AvgIpc) is 2.08. The summed E-state index contributed by atoms with van der Waals surface area (Å²) in [6.07, 6.45) is 6.53. The van der Waals surface area contributed by atoms with E-state index in [4.69, 9.17) is 10.5 Å². The molecule has 16 heavy (non-hydrogen) atoms. The lowest BCUT2D eigenvalue weighted by Gasteiger charge is -2.28. The van der Waals surface area contributed by atoms with Gasteiger partial charge in [-0.3, -0.25) is 4.79 Å². The predicted molar refractivity (Wildman–Crippen MR) is 65.0 cm³/mol. The van der Waals surface area contributed by atoms with Crippen molar-refractivity contribution in [1.82, 2.24) is 0 Å². The van der Waals surface area contributed by atoms with Crippen LogP contribution in [0.25, 0.3) is 0 Å². The minimum atomic E-state index is -0.404. The summed E-state index contributed by atoms with van der Waals surface area (Å²) in [4.78, 5) is 12.0. The first kappa shape index (κ1) is 13.5. The van der Waals surface area contributed by atoms with Crippen molar-refractivity contribution in [2.75, 3.05) is 0 Å². The third-order valence-corrected chi connectivity index (χ3v) is 3.03. The lowest BCUT2D eigenvalue weighted by atomic mass is 9.87. The van der Waals surface area contributed by atoms with Crippen LogP contribution >= 0.6 is 0 Å². The fourth-order valence-electron chi connectivity index (χ4n) is 2.18. The SMILES string of the molecule is CC(C)(C)OC(=O)[C@@H]1CCCCCC[C@@H]1N. The van der Waals surface area contributed by atoms with Gasteiger partial charge in [-0.15, -0.1) is 0 Å². The summed E-state index contributed by atoms with van der Waals surface area (Å²) in [6.45, 7) is 5.71. The molecule has 1 saturated carbocycles. The molecule has 0 aromatic carbocycles. The van der Waals surface area contributed by atoms with Gasteiger partial charge in [0, 0.05) is 6.04 Å². The molecule has 0 saturated heterocycles. The minimum absolute atomic E-state index is 0.0184.